The summed E-state index contributed by atoms with van der Waals surface area (Å²) in [6, 6.07) is -0.280. The van der Waals surface area contributed by atoms with E-state index in [1.165, 1.54) is 6.92 Å². The van der Waals surface area contributed by atoms with Crippen molar-refractivity contribution in [3.8, 4) is 0 Å². The van der Waals surface area contributed by atoms with Crippen molar-refractivity contribution in [1.82, 2.24) is 9.55 Å². The molecule has 2 rings (SSSR count). The summed E-state index contributed by atoms with van der Waals surface area (Å²) in [5.41, 5.74) is -8.86. The van der Waals surface area contributed by atoms with Crippen LogP contribution in [0, 0.1) is 0 Å². The molecule has 0 radical (unpaired) electrons. The Morgan fingerprint density at radius 3 is 2.05 bits per heavy atom. The lowest BCUT2D eigenvalue weighted by molar-refractivity contribution is -0.154. The van der Waals surface area contributed by atoms with Gasteiger partial charge in [-0.1, -0.05) is 36.5 Å². The maximum atomic E-state index is 13.8. The number of anilines is 2. The number of hydrogen-bond acceptors (Lipinski definition) is 6. The fourth-order valence-corrected chi connectivity index (χ4v) is 3.98. The average Bonchev–Trinajstić information content (AvgIpc) is 2.81. The Labute approximate surface area is 230 Å². The molecule has 2 aromatic rings. The van der Waals surface area contributed by atoms with Crippen LogP contribution in [0.25, 0.3) is 0 Å². The molecule has 40 heavy (non-hydrogen) atoms. The summed E-state index contributed by atoms with van der Waals surface area (Å²) >= 11 is 11.5. The third-order valence-electron chi connectivity index (χ3n) is 5.20. The molecule has 0 aliphatic carbocycles. The number of carbonyl (C=O) groups is 1. The largest absolute Gasteiger partial charge is 0.463 e. The lowest BCUT2D eigenvalue weighted by Gasteiger charge is -2.33. The maximum absolute atomic E-state index is 13.8. The van der Waals surface area contributed by atoms with Gasteiger partial charge in [0, 0.05) is 13.7 Å². The van der Waals surface area contributed by atoms with E-state index in [0.29, 0.717) is 11.0 Å². The molecule has 0 saturated heterocycles. The van der Waals surface area contributed by atoms with Crippen LogP contribution < -0.4 is 10.5 Å². The van der Waals surface area contributed by atoms with Gasteiger partial charge in [-0.2, -0.15) is 39.5 Å². The second-order valence-electron chi connectivity index (χ2n) is 7.95. The topological polar surface area (TPSA) is 73.7 Å². The number of alkyl halides is 9. The molecule has 224 valence electrons. The van der Waals surface area contributed by atoms with Crippen LogP contribution in [-0.4, -0.2) is 35.5 Å². The Kier molecular flexibility index (Phi) is 10.4. The zero-order chi connectivity index (χ0) is 30.8. The maximum Gasteiger partial charge on any atom is 0.435 e. The van der Waals surface area contributed by atoms with Gasteiger partial charge in [0.25, 0.3) is 5.56 Å². The summed E-state index contributed by atoms with van der Waals surface area (Å²) in [5.74, 6) is -2.70. The molecule has 0 aliphatic heterocycles. The van der Waals surface area contributed by atoms with Crippen LogP contribution in [0.3, 0.4) is 0 Å². The molecular formula is C22H20Cl2F9N3O4. The first-order valence-electron chi connectivity index (χ1n) is 11.1. The monoisotopic (exact) mass is 631 g/mol. The number of benzene rings is 1. The lowest BCUT2D eigenvalue weighted by atomic mass is 10.1. The quantitative estimate of drug-likeness (QED) is 0.167. The third-order valence-corrected chi connectivity index (χ3v) is 5.94. The Morgan fingerprint density at radius 2 is 1.60 bits per heavy atom. The summed E-state index contributed by atoms with van der Waals surface area (Å²) in [4.78, 5) is 29.1. The first-order chi connectivity index (χ1) is 18.3. The van der Waals surface area contributed by atoms with Crippen molar-refractivity contribution in [2.24, 2.45) is 0 Å². The number of carbonyl (C=O) groups excluding carboxylic acids is 1. The first kappa shape index (κ1) is 33.5. The highest BCUT2D eigenvalue weighted by Crippen LogP contribution is 2.46. The second-order valence-corrected chi connectivity index (χ2v) is 8.70. The number of esters is 1. The van der Waals surface area contributed by atoms with E-state index < -0.39 is 81.3 Å². The number of halogens is 11. The molecule has 0 amide bonds. The number of aromatic nitrogens is 2. The molecular weight excluding hydrogens is 612 g/mol. The Bertz CT molecular complexity index is 1290. The van der Waals surface area contributed by atoms with Crippen molar-refractivity contribution in [2.45, 2.75) is 58.0 Å². The molecule has 0 fully saturated rings. The Hall–Kier alpha value is -2.72. The second kappa shape index (κ2) is 12.4. The van der Waals surface area contributed by atoms with Gasteiger partial charge in [-0.15, -0.1) is 0 Å². The molecule has 18 heteroatoms. The molecule has 0 aliphatic rings. The zero-order valence-corrected chi connectivity index (χ0v) is 22.2. The normalized spacial score (nSPS) is 13.3. The molecule has 0 bridgehead atoms. The van der Waals surface area contributed by atoms with Gasteiger partial charge in [0.1, 0.15) is 5.02 Å². The van der Waals surface area contributed by atoms with Gasteiger partial charge in [0.15, 0.2) is 5.69 Å². The van der Waals surface area contributed by atoms with Gasteiger partial charge in [-0.05, 0) is 25.5 Å². The van der Waals surface area contributed by atoms with E-state index in [4.69, 9.17) is 32.7 Å². The fraction of sp³-hybridized carbons (Fsp3) is 0.500. The SMILES string of the molecule is CCCCn1c(N(c2cc(C(F)(F)F)cc(C(F)(F)F)c2Cl)C(OC)C(=O)OCC)nc(C(F)(F)F)c(Cl)c1=O. The van der Waals surface area contributed by atoms with E-state index in [-0.39, 0.29) is 30.1 Å². The number of unbranched alkanes of at least 4 members (excludes halogenated alkanes) is 1. The Balaban J connectivity index is 3.21. The van der Waals surface area contributed by atoms with Crippen LogP contribution in [0.15, 0.2) is 16.9 Å². The minimum absolute atomic E-state index is 0.0427. The predicted molar refractivity (Wildman–Crippen MR) is 124 cm³/mol. The van der Waals surface area contributed by atoms with E-state index >= 15 is 0 Å². The average molecular weight is 632 g/mol. The van der Waals surface area contributed by atoms with Crippen molar-refractivity contribution in [1.29, 1.82) is 0 Å². The first-order valence-corrected chi connectivity index (χ1v) is 11.9. The molecule has 0 spiro atoms. The minimum atomic E-state index is -5.50. The molecule has 1 unspecified atom stereocenters. The number of rotatable bonds is 9. The Morgan fingerprint density at radius 1 is 1.00 bits per heavy atom. The zero-order valence-electron chi connectivity index (χ0n) is 20.7. The molecule has 0 N–H and O–H groups in total. The van der Waals surface area contributed by atoms with Gasteiger partial charge < -0.3 is 9.47 Å². The van der Waals surface area contributed by atoms with E-state index in [1.54, 1.807) is 6.92 Å². The minimum Gasteiger partial charge on any atom is -0.463 e. The van der Waals surface area contributed by atoms with Gasteiger partial charge >= 0.3 is 24.5 Å². The number of hydrogen-bond donors (Lipinski definition) is 0. The predicted octanol–water partition coefficient (Wildman–Crippen LogP) is 7.08. The van der Waals surface area contributed by atoms with Crippen molar-refractivity contribution >= 4 is 40.8 Å². The summed E-state index contributed by atoms with van der Waals surface area (Å²) < 4.78 is 134. The molecule has 1 heterocycles. The van der Waals surface area contributed by atoms with E-state index in [2.05, 4.69) is 4.98 Å². The van der Waals surface area contributed by atoms with Crippen LogP contribution in [0.1, 0.15) is 43.5 Å². The van der Waals surface area contributed by atoms with Gasteiger partial charge in [-0.3, -0.25) is 14.3 Å². The summed E-state index contributed by atoms with van der Waals surface area (Å²) in [6.07, 6.45) is -18.3. The van der Waals surface area contributed by atoms with Crippen LogP contribution in [0.5, 0.6) is 0 Å². The van der Waals surface area contributed by atoms with Gasteiger partial charge in [0.05, 0.1) is 28.4 Å². The van der Waals surface area contributed by atoms with E-state index in [1.807, 2.05) is 0 Å². The van der Waals surface area contributed by atoms with Crippen molar-refractivity contribution in [3.63, 3.8) is 0 Å². The molecule has 1 aromatic carbocycles. The van der Waals surface area contributed by atoms with Gasteiger partial charge in [-0.25, -0.2) is 9.78 Å². The summed E-state index contributed by atoms with van der Waals surface area (Å²) in [5, 5.41) is -2.89. The third kappa shape index (κ3) is 7.13. The molecule has 1 aromatic heterocycles. The highest BCUT2D eigenvalue weighted by molar-refractivity contribution is 6.34. The molecule has 0 saturated carbocycles. The highest BCUT2D eigenvalue weighted by Gasteiger charge is 2.44. The standard InChI is InChI=1S/C22H20Cl2F9N3O4/c1-4-6-7-35-16(37)14(24)15(22(31,32)33)34-19(35)36(17(39-3)18(38)40-5-2)12-9-10(20(25,26)27)8-11(13(12)23)21(28,29)30/h8-9,17H,4-7H2,1-3H3. The number of nitrogens with zero attached hydrogens (tertiary/aromatic N) is 3. The van der Waals surface area contributed by atoms with Crippen molar-refractivity contribution < 1.29 is 53.8 Å². The van der Waals surface area contributed by atoms with Crippen LogP contribution in [-0.2, 0) is 39.3 Å². The summed E-state index contributed by atoms with van der Waals surface area (Å²) in [6.45, 7) is 2.04. The summed E-state index contributed by atoms with van der Waals surface area (Å²) in [7, 11) is 0.760. The van der Waals surface area contributed by atoms with Crippen molar-refractivity contribution in [3.05, 3.63) is 49.4 Å². The lowest BCUT2D eigenvalue weighted by Crippen LogP contribution is -2.45. The molecule has 7 nitrogen and oxygen atoms in total. The van der Waals surface area contributed by atoms with Crippen LogP contribution >= 0.6 is 23.2 Å². The smallest absolute Gasteiger partial charge is 0.435 e. The van der Waals surface area contributed by atoms with E-state index in [0.717, 1.165) is 7.11 Å². The van der Waals surface area contributed by atoms with Gasteiger partial charge in [0.2, 0.25) is 12.2 Å². The van der Waals surface area contributed by atoms with E-state index in [9.17, 15) is 49.1 Å². The van der Waals surface area contributed by atoms with Crippen LogP contribution in [0.2, 0.25) is 10.0 Å². The number of ether oxygens (including phenoxy) is 2. The molecule has 1 atom stereocenters. The highest BCUT2D eigenvalue weighted by atomic mass is 35.5. The van der Waals surface area contributed by atoms with Crippen LogP contribution in [0.4, 0.5) is 51.1 Å². The van der Waals surface area contributed by atoms with Crippen molar-refractivity contribution in [2.75, 3.05) is 18.6 Å². The number of methoxy groups -OCH3 is 1. The fourth-order valence-electron chi connectivity index (χ4n) is 3.42.